The number of hydrogen-bond acceptors (Lipinski definition) is 4. The van der Waals surface area contributed by atoms with Crippen LogP contribution in [0.5, 0.6) is 0 Å². The molecule has 0 spiro atoms. The zero-order valence-corrected chi connectivity index (χ0v) is 12.4. The summed E-state index contributed by atoms with van der Waals surface area (Å²) in [7, 11) is 0. The van der Waals surface area contributed by atoms with Gasteiger partial charge in [-0.2, -0.15) is 0 Å². The van der Waals surface area contributed by atoms with Crippen molar-refractivity contribution in [1.82, 2.24) is 5.32 Å². The number of allylic oxidation sites excluding steroid dienone is 2. The molecule has 0 aromatic carbocycles. The monoisotopic (exact) mass is 297 g/mol. The van der Waals surface area contributed by atoms with Gasteiger partial charge >= 0.3 is 11.9 Å². The van der Waals surface area contributed by atoms with Gasteiger partial charge in [0.25, 0.3) is 0 Å². The van der Waals surface area contributed by atoms with E-state index >= 15 is 0 Å². The molecule has 3 atom stereocenters. The highest BCUT2D eigenvalue weighted by Crippen LogP contribution is 2.31. The van der Waals surface area contributed by atoms with Crippen molar-refractivity contribution >= 4 is 11.9 Å². The Kier molecular flexibility index (Phi) is 6.58. The molecule has 0 aliphatic carbocycles. The quantitative estimate of drug-likeness (QED) is 0.523. The van der Waals surface area contributed by atoms with E-state index in [4.69, 9.17) is 15.3 Å². The van der Waals surface area contributed by atoms with E-state index in [-0.39, 0.29) is 18.9 Å². The molecule has 0 radical (unpaired) electrons. The molecule has 6 nitrogen and oxygen atoms in total. The molecule has 1 aliphatic rings. The molecule has 0 aromatic heterocycles. The second-order valence-electron chi connectivity index (χ2n) is 5.48. The van der Waals surface area contributed by atoms with Gasteiger partial charge in [0.2, 0.25) is 0 Å². The lowest BCUT2D eigenvalue weighted by Gasteiger charge is -2.20. The average Bonchev–Trinajstić information content (AvgIpc) is 2.81. The van der Waals surface area contributed by atoms with Crippen LogP contribution in [0.3, 0.4) is 0 Å². The van der Waals surface area contributed by atoms with Gasteiger partial charge in [0.05, 0.1) is 13.0 Å². The molecule has 0 aromatic rings. The van der Waals surface area contributed by atoms with Gasteiger partial charge in [0.15, 0.2) is 0 Å². The van der Waals surface area contributed by atoms with Crippen LogP contribution in [0.1, 0.15) is 26.7 Å². The maximum absolute atomic E-state index is 11.2. The molecule has 1 aliphatic heterocycles. The lowest BCUT2D eigenvalue weighted by atomic mass is 9.83. The van der Waals surface area contributed by atoms with E-state index in [1.807, 2.05) is 26.0 Å². The molecule has 1 heterocycles. The molecule has 1 fully saturated rings. The molecular formula is C15H23NO5. The average molecular weight is 297 g/mol. The summed E-state index contributed by atoms with van der Waals surface area (Å²) in [5, 5.41) is 30.0. The van der Waals surface area contributed by atoms with Crippen LogP contribution in [0.25, 0.3) is 0 Å². The smallest absolute Gasteiger partial charge is 0.321 e. The second-order valence-corrected chi connectivity index (χ2v) is 5.48. The Bertz CT molecular complexity index is 455. The minimum atomic E-state index is -1.01. The summed E-state index contributed by atoms with van der Waals surface area (Å²) in [5.74, 6) is -2.53. The Morgan fingerprint density at radius 3 is 2.43 bits per heavy atom. The number of aliphatic hydroxyl groups excluding tert-OH is 1. The highest BCUT2D eigenvalue weighted by molar-refractivity contribution is 5.76. The molecule has 0 bridgehead atoms. The topological polar surface area (TPSA) is 107 Å². The van der Waals surface area contributed by atoms with Crippen molar-refractivity contribution in [3.8, 4) is 0 Å². The molecular weight excluding hydrogens is 274 g/mol. The van der Waals surface area contributed by atoms with Crippen LogP contribution in [0.15, 0.2) is 23.3 Å². The number of rotatable bonds is 7. The highest BCUT2D eigenvalue weighted by atomic mass is 16.4. The number of aliphatic hydroxyl groups is 1. The first-order valence-electron chi connectivity index (χ1n) is 6.98. The number of carboxylic acids is 2. The fraction of sp³-hybridized carbons (Fsp3) is 0.600. The van der Waals surface area contributed by atoms with Gasteiger partial charge in [0, 0.05) is 12.5 Å². The summed E-state index contributed by atoms with van der Waals surface area (Å²) in [6.45, 7) is 4.21. The predicted octanol–water partition coefficient (Wildman–Crippen LogP) is 1.02. The Labute approximate surface area is 124 Å². The fourth-order valence-electron chi connectivity index (χ4n) is 2.68. The Morgan fingerprint density at radius 1 is 1.24 bits per heavy atom. The van der Waals surface area contributed by atoms with Gasteiger partial charge < -0.3 is 20.6 Å². The third-order valence-corrected chi connectivity index (χ3v) is 3.92. The Morgan fingerprint density at radius 2 is 1.90 bits per heavy atom. The largest absolute Gasteiger partial charge is 0.481 e. The highest BCUT2D eigenvalue weighted by Gasteiger charge is 2.41. The van der Waals surface area contributed by atoms with Crippen molar-refractivity contribution in [3.05, 3.63) is 23.3 Å². The summed E-state index contributed by atoms with van der Waals surface area (Å²) in [5.41, 5.74) is 1.86. The number of carboxylic acid groups (broad SMARTS) is 2. The van der Waals surface area contributed by atoms with Gasteiger partial charge in [-0.1, -0.05) is 23.3 Å². The van der Waals surface area contributed by atoms with Crippen LogP contribution in [0.4, 0.5) is 0 Å². The van der Waals surface area contributed by atoms with Crippen molar-refractivity contribution in [2.75, 3.05) is 13.2 Å². The Balaban J connectivity index is 2.81. The van der Waals surface area contributed by atoms with E-state index in [0.717, 1.165) is 11.1 Å². The number of nitrogens with one attached hydrogen (secondary N) is 1. The second kappa shape index (κ2) is 7.95. The first-order valence-corrected chi connectivity index (χ1v) is 6.98. The zero-order chi connectivity index (χ0) is 16.0. The molecule has 4 N–H and O–H groups in total. The van der Waals surface area contributed by atoms with Crippen LogP contribution in [-0.4, -0.2) is 46.5 Å². The van der Waals surface area contributed by atoms with Crippen LogP contribution < -0.4 is 5.32 Å². The molecule has 118 valence electrons. The van der Waals surface area contributed by atoms with Crippen molar-refractivity contribution in [3.63, 3.8) is 0 Å². The molecule has 1 rings (SSSR count). The van der Waals surface area contributed by atoms with Crippen LogP contribution >= 0.6 is 0 Å². The summed E-state index contributed by atoms with van der Waals surface area (Å²) in [6.07, 6.45) is 4.34. The Hall–Kier alpha value is -1.66. The maximum atomic E-state index is 11.2. The molecule has 0 saturated carbocycles. The lowest BCUT2D eigenvalue weighted by molar-refractivity contribution is -0.142. The van der Waals surface area contributed by atoms with Gasteiger partial charge in [-0.05, 0) is 26.2 Å². The standard InChI is InChI=1S/C15H23NO5/c1-9(8-17)4-3-5-10(2)12-7-16-14(15(20)21)11(12)6-13(18)19/h4-5,11-12,14,16-17H,3,6-8H2,1-2H3,(H,18,19)(H,20,21). The predicted molar refractivity (Wildman–Crippen MR) is 77.9 cm³/mol. The molecule has 21 heavy (non-hydrogen) atoms. The number of carbonyl (C=O) groups is 2. The van der Waals surface area contributed by atoms with E-state index in [1.54, 1.807) is 0 Å². The first-order chi connectivity index (χ1) is 9.86. The minimum absolute atomic E-state index is 0.0145. The van der Waals surface area contributed by atoms with Gasteiger partial charge in [0.1, 0.15) is 6.04 Å². The van der Waals surface area contributed by atoms with Crippen LogP contribution in [0, 0.1) is 11.8 Å². The maximum Gasteiger partial charge on any atom is 0.321 e. The van der Waals surface area contributed by atoms with Crippen molar-refractivity contribution < 1.29 is 24.9 Å². The first kappa shape index (κ1) is 17.4. The number of aliphatic carboxylic acids is 2. The van der Waals surface area contributed by atoms with E-state index in [1.165, 1.54) is 0 Å². The molecule has 6 heteroatoms. The van der Waals surface area contributed by atoms with E-state index in [2.05, 4.69) is 5.32 Å². The summed E-state index contributed by atoms with van der Waals surface area (Å²) in [6, 6.07) is -0.816. The van der Waals surface area contributed by atoms with E-state index in [9.17, 15) is 9.59 Å². The van der Waals surface area contributed by atoms with Crippen LogP contribution in [0.2, 0.25) is 0 Å². The van der Waals surface area contributed by atoms with Gasteiger partial charge in [-0.3, -0.25) is 9.59 Å². The summed E-state index contributed by atoms with van der Waals surface area (Å²) < 4.78 is 0. The molecule has 1 saturated heterocycles. The van der Waals surface area contributed by atoms with Gasteiger partial charge in [-0.15, -0.1) is 0 Å². The van der Waals surface area contributed by atoms with Crippen molar-refractivity contribution in [1.29, 1.82) is 0 Å². The van der Waals surface area contributed by atoms with Crippen molar-refractivity contribution in [2.45, 2.75) is 32.7 Å². The van der Waals surface area contributed by atoms with Gasteiger partial charge in [-0.25, -0.2) is 0 Å². The third kappa shape index (κ3) is 4.99. The SMILES string of the molecule is CC(=CCC=C(C)C1CNC(C(=O)O)C1CC(=O)O)CO. The van der Waals surface area contributed by atoms with E-state index in [0.29, 0.717) is 13.0 Å². The normalized spacial score (nSPS) is 26.9. The molecule has 0 amide bonds. The molecule has 3 unspecified atom stereocenters. The van der Waals surface area contributed by atoms with Crippen LogP contribution in [-0.2, 0) is 9.59 Å². The fourth-order valence-corrected chi connectivity index (χ4v) is 2.68. The minimum Gasteiger partial charge on any atom is -0.481 e. The van der Waals surface area contributed by atoms with E-state index < -0.39 is 23.9 Å². The zero-order valence-electron chi connectivity index (χ0n) is 12.4. The lowest BCUT2D eigenvalue weighted by Crippen LogP contribution is -2.36. The third-order valence-electron chi connectivity index (χ3n) is 3.92. The summed E-state index contributed by atoms with van der Waals surface area (Å²) in [4.78, 5) is 22.1. The number of hydrogen-bond donors (Lipinski definition) is 4. The summed E-state index contributed by atoms with van der Waals surface area (Å²) >= 11 is 0. The van der Waals surface area contributed by atoms with Crippen molar-refractivity contribution in [2.24, 2.45) is 11.8 Å².